The highest BCUT2D eigenvalue weighted by atomic mass is 32.2. The minimum Gasteiger partial charge on any atom is -0.355 e. The smallest absolute Gasteiger partial charge is 0.243 e. The van der Waals surface area contributed by atoms with Gasteiger partial charge in [0.25, 0.3) is 0 Å². The van der Waals surface area contributed by atoms with Gasteiger partial charge in [0.1, 0.15) is 0 Å². The van der Waals surface area contributed by atoms with E-state index in [9.17, 15) is 13.2 Å². The molecule has 1 amide bonds. The number of amides is 1. The zero-order valence-corrected chi connectivity index (χ0v) is 15.9. The average molecular weight is 386 g/mol. The van der Waals surface area contributed by atoms with Crippen LogP contribution in [0.15, 0.2) is 66.1 Å². The predicted molar refractivity (Wildman–Crippen MR) is 104 cm³/mol. The number of sulfonamides is 1. The van der Waals surface area contributed by atoms with Crippen LogP contribution in [0.4, 0.5) is 0 Å². The fraction of sp³-hybridized carbons (Fsp3) is 0.263. The first-order valence-electron chi connectivity index (χ1n) is 8.64. The number of rotatable bonds is 8. The molecule has 1 N–H and O–H groups in total. The van der Waals surface area contributed by atoms with Crippen LogP contribution in [-0.4, -0.2) is 48.3 Å². The number of aromatic nitrogens is 2. The summed E-state index contributed by atoms with van der Waals surface area (Å²) in [6.45, 7) is 0.993. The number of benzene rings is 2. The first-order chi connectivity index (χ1) is 13.0. The topological polar surface area (TPSA) is 84.3 Å². The van der Waals surface area contributed by atoms with Gasteiger partial charge < -0.3 is 9.88 Å². The standard InChI is InChI=1S/C19H22N4O3S/c1-22(14-19(24)21-9-4-11-23-12-10-20-15-23)27(25,26)18-8-7-16-5-2-3-6-17(16)13-18/h2-3,5-8,10,12-13,15H,4,9,11,14H2,1H3,(H,21,24). The van der Waals surface area contributed by atoms with Gasteiger partial charge in [0, 0.05) is 32.5 Å². The minimum absolute atomic E-state index is 0.177. The monoisotopic (exact) mass is 386 g/mol. The molecule has 0 atom stereocenters. The number of imidazole rings is 1. The van der Waals surface area contributed by atoms with Crippen LogP contribution in [0.3, 0.4) is 0 Å². The molecule has 0 spiro atoms. The van der Waals surface area contributed by atoms with E-state index >= 15 is 0 Å². The molecule has 0 bridgehead atoms. The van der Waals surface area contributed by atoms with Gasteiger partial charge in [-0.1, -0.05) is 30.3 Å². The summed E-state index contributed by atoms with van der Waals surface area (Å²) in [5, 5.41) is 4.56. The zero-order valence-electron chi connectivity index (χ0n) is 15.1. The third-order valence-corrected chi connectivity index (χ3v) is 6.07. The first kappa shape index (κ1) is 19.1. The maximum Gasteiger partial charge on any atom is 0.243 e. The van der Waals surface area contributed by atoms with Crippen LogP contribution < -0.4 is 5.32 Å². The van der Waals surface area contributed by atoms with Crippen molar-refractivity contribution in [1.29, 1.82) is 0 Å². The van der Waals surface area contributed by atoms with Crippen molar-refractivity contribution in [2.24, 2.45) is 0 Å². The molecule has 0 unspecified atom stereocenters. The molecule has 0 aliphatic heterocycles. The van der Waals surface area contributed by atoms with E-state index in [1.807, 2.05) is 35.0 Å². The highest BCUT2D eigenvalue weighted by molar-refractivity contribution is 7.89. The Kier molecular flexibility index (Phi) is 5.88. The van der Waals surface area contributed by atoms with Crippen molar-refractivity contribution in [2.45, 2.75) is 17.9 Å². The van der Waals surface area contributed by atoms with E-state index in [-0.39, 0.29) is 17.3 Å². The maximum atomic E-state index is 12.7. The molecule has 3 aromatic rings. The van der Waals surface area contributed by atoms with Crippen LogP contribution in [-0.2, 0) is 21.4 Å². The molecule has 8 heteroatoms. The van der Waals surface area contributed by atoms with Crippen LogP contribution in [0, 0.1) is 0 Å². The number of likely N-dealkylation sites (N-methyl/N-ethyl adjacent to an activating group) is 1. The number of carbonyl (C=O) groups excluding carboxylic acids is 1. The molecular formula is C19H22N4O3S. The Morgan fingerprint density at radius 3 is 2.70 bits per heavy atom. The number of hydrogen-bond donors (Lipinski definition) is 1. The molecule has 27 heavy (non-hydrogen) atoms. The molecule has 3 rings (SSSR count). The summed E-state index contributed by atoms with van der Waals surface area (Å²) in [5.41, 5.74) is 0. The van der Waals surface area contributed by atoms with E-state index in [1.54, 1.807) is 30.7 Å². The highest BCUT2D eigenvalue weighted by Gasteiger charge is 2.23. The van der Waals surface area contributed by atoms with Gasteiger partial charge in [-0.15, -0.1) is 0 Å². The van der Waals surface area contributed by atoms with Crippen molar-refractivity contribution in [3.63, 3.8) is 0 Å². The molecular weight excluding hydrogens is 364 g/mol. The highest BCUT2D eigenvalue weighted by Crippen LogP contribution is 2.21. The Balaban J connectivity index is 1.56. The normalized spacial score (nSPS) is 11.8. The Hall–Kier alpha value is -2.71. The second-order valence-corrected chi connectivity index (χ2v) is 8.32. The zero-order chi connectivity index (χ0) is 19.3. The lowest BCUT2D eigenvalue weighted by Crippen LogP contribution is -2.38. The third kappa shape index (κ3) is 4.72. The lowest BCUT2D eigenvalue weighted by molar-refractivity contribution is -0.121. The Bertz CT molecular complexity index is 1020. The van der Waals surface area contributed by atoms with Crippen molar-refractivity contribution in [3.05, 3.63) is 61.2 Å². The van der Waals surface area contributed by atoms with Gasteiger partial charge in [0.2, 0.25) is 15.9 Å². The van der Waals surface area contributed by atoms with E-state index in [4.69, 9.17) is 0 Å². The van der Waals surface area contributed by atoms with E-state index < -0.39 is 10.0 Å². The Morgan fingerprint density at radius 2 is 1.96 bits per heavy atom. The third-order valence-electron chi connectivity index (χ3n) is 4.27. The van der Waals surface area contributed by atoms with Gasteiger partial charge in [-0.2, -0.15) is 4.31 Å². The minimum atomic E-state index is -3.73. The number of aryl methyl sites for hydroxylation is 1. The van der Waals surface area contributed by atoms with E-state index in [0.717, 1.165) is 28.0 Å². The van der Waals surface area contributed by atoms with Crippen molar-refractivity contribution in [1.82, 2.24) is 19.2 Å². The fourth-order valence-corrected chi connectivity index (χ4v) is 3.92. The summed E-state index contributed by atoms with van der Waals surface area (Å²) >= 11 is 0. The van der Waals surface area contributed by atoms with E-state index in [2.05, 4.69) is 10.3 Å². The van der Waals surface area contributed by atoms with Crippen molar-refractivity contribution in [2.75, 3.05) is 20.1 Å². The number of carbonyl (C=O) groups is 1. The summed E-state index contributed by atoms with van der Waals surface area (Å²) < 4.78 is 28.5. The summed E-state index contributed by atoms with van der Waals surface area (Å²) in [7, 11) is -2.32. The van der Waals surface area contributed by atoms with Crippen LogP contribution >= 0.6 is 0 Å². The van der Waals surface area contributed by atoms with Crippen LogP contribution in [0.5, 0.6) is 0 Å². The first-order valence-corrected chi connectivity index (χ1v) is 10.1. The predicted octanol–water partition coefficient (Wildman–Crippen LogP) is 1.86. The van der Waals surface area contributed by atoms with Gasteiger partial charge in [-0.25, -0.2) is 13.4 Å². The summed E-state index contributed by atoms with van der Waals surface area (Å²) in [6.07, 6.45) is 6.01. The van der Waals surface area contributed by atoms with Crippen LogP contribution in [0.1, 0.15) is 6.42 Å². The molecule has 2 aromatic carbocycles. The SMILES string of the molecule is CN(CC(=O)NCCCn1ccnc1)S(=O)(=O)c1ccc2ccccc2c1. The van der Waals surface area contributed by atoms with Crippen molar-refractivity contribution in [3.8, 4) is 0 Å². The van der Waals surface area contributed by atoms with Gasteiger partial charge >= 0.3 is 0 Å². The van der Waals surface area contributed by atoms with Crippen LogP contribution in [0.25, 0.3) is 10.8 Å². The van der Waals surface area contributed by atoms with E-state index in [1.165, 1.54) is 7.05 Å². The largest absolute Gasteiger partial charge is 0.355 e. The van der Waals surface area contributed by atoms with Crippen molar-refractivity contribution >= 4 is 26.7 Å². The average Bonchev–Trinajstić information content (AvgIpc) is 3.18. The lowest BCUT2D eigenvalue weighted by atomic mass is 10.1. The van der Waals surface area contributed by atoms with E-state index in [0.29, 0.717) is 6.54 Å². The molecule has 0 fully saturated rings. The summed E-state index contributed by atoms with van der Waals surface area (Å²) in [6, 6.07) is 12.5. The number of nitrogens with zero attached hydrogens (tertiary/aromatic N) is 3. The second-order valence-electron chi connectivity index (χ2n) is 6.27. The molecule has 0 saturated heterocycles. The van der Waals surface area contributed by atoms with Gasteiger partial charge in [-0.3, -0.25) is 4.79 Å². The molecule has 0 aliphatic carbocycles. The number of nitrogens with one attached hydrogen (secondary N) is 1. The fourth-order valence-electron chi connectivity index (χ4n) is 2.76. The Morgan fingerprint density at radius 1 is 1.19 bits per heavy atom. The Labute approximate surface area is 158 Å². The number of fused-ring (bicyclic) bond motifs is 1. The second kappa shape index (κ2) is 8.32. The molecule has 7 nitrogen and oxygen atoms in total. The summed E-state index contributed by atoms with van der Waals surface area (Å²) in [4.78, 5) is 16.2. The van der Waals surface area contributed by atoms with Crippen LogP contribution in [0.2, 0.25) is 0 Å². The summed E-state index contributed by atoms with van der Waals surface area (Å²) in [5.74, 6) is -0.326. The van der Waals surface area contributed by atoms with Gasteiger partial charge in [0.15, 0.2) is 0 Å². The molecule has 1 heterocycles. The lowest BCUT2D eigenvalue weighted by Gasteiger charge is -2.17. The maximum absolute atomic E-state index is 12.7. The molecule has 142 valence electrons. The molecule has 1 aromatic heterocycles. The van der Waals surface area contributed by atoms with Crippen molar-refractivity contribution < 1.29 is 13.2 Å². The molecule has 0 saturated carbocycles. The quantitative estimate of drug-likeness (QED) is 0.599. The number of hydrogen-bond acceptors (Lipinski definition) is 4. The van der Waals surface area contributed by atoms with Gasteiger partial charge in [0.05, 0.1) is 17.8 Å². The van der Waals surface area contributed by atoms with Gasteiger partial charge in [-0.05, 0) is 29.3 Å². The molecule has 0 radical (unpaired) electrons. The molecule has 0 aliphatic rings.